The summed E-state index contributed by atoms with van der Waals surface area (Å²) < 4.78 is 26.4. The Hall–Kier alpha value is -3.65. The standard InChI is InChI=1S/C27H28N2O5S/c1-15-23(28-16(2)24(15)26(31)32)13-21-20-12-19(10-11-22(20)29-25(21)30)35(33,34)14-17-6-8-18(9-7-17)27(3,4)5/h6-13,28H,14H2,1-5H3,(H,29,30)(H,31,32)/b21-13-. The van der Waals surface area contributed by atoms with E-state index in [2.05, 4.69) is 31.1 Å². The van der Waals surface area contributed by atoms with Gasteiger partial charge in [0.2, 0.25) is 0 Å². The van der Waals surface area contributed by atoms with Crippen molar-refractivity contribution in [2.24, 2.45) is 0 Å². The zero-order valence-electron chi connectivity index (χ0n) is 20.3. The van der Waals surface area contributed by atoms with E-state index < -0.39 is 15.8 Å². The van der Waals surface area contributed by atoms with Crippen molar-refractivity contribution in [2.45, 2.75) is 50.7 Å². The Morgan fingerprint density at radius 2 is 1.71 bits per heavy atom. The Kier molecular flexibility index (Phi) is 5.97. The molecule has 0 saturated heterocycles. The van der Waals surface area contributed by atoms with Crippen LogP contribution in [0.4, 0.5) is 5.69 Å². The number of H-pyrrole nitrogens is 1. The van der Waals surface area contributed by atoms with Crippen molar-refractivity contribution < 1.29 is 23.1 Å². The van der Waals surface area contributed by atoms with Gasteiger partial charge in [0.15, 0.2) is 9.84 Å². The Morgan fingerprint density at radius 1 is 1.06 bits per heavy atom. The molecule has 0 atom stereocenters. The summed E-state index contributed by atoms with van der Waals surface area (Å²) in [5, 5.41) is 12.2. The third-order valence-electron chi connectivity index (χ3n) is 6.29. The van der Waals surface area contributed by atoms with E-state index in [1.54, 1.807) is 26.0 Å². The highest BCUT2D eigenvalue weighted by Gasteiger charge is 2.28. The summed E-state index contributed by atoms with van der Waals surface area (Å²) in [5.41, 5.74) is 4.65. The van der Waals surface area contributed by atoms with Crippen molar-refractivity contribution in [3.8, 4) is 0 Å². The molecule has 0 unspecified atom stereocenters. The van der Waals surface area contributed by atoms with Crippen LogP contribution < -0.4 is 5.32 Å². The molecule has 1 aliphatic heterocycles. The summed E-state index contributed by atoms with van der Waals surface area (Å²) in [6, 6.07) is 12.1. The minimum Gasteiger partial charge on any atom is -0.478 e. The van der Waals surface area contributed by atoms with Crippen LogP contribution in [-0.2, 0) is 25.8 Å². The van der Waals surface area contributed by atoms with Crippen molar-refractivity contribution in [3.05, 3.63) is 81.7 Å². The molecule has 2 aromatic carbocycles. The van der Waals surface area contributed by atoms with E-state index in [4.69, 9.17) is 0 Å². The topological polar surface area (TPSA) is 116 Å². The molecule has 3 aromatic rings. The van der Waals surface area contributed by atoms with Crippen molar-refractivity contribution in [1.29, 1.82) is 0 Å². The molecule has 0 aliphatic carbocycles. The number of carboxylic acids is 1. The number of carbonyl (C=O) groups is 2. The van der Waals surface area contributed by atoms with Crippen LogP contribution in [0, 0.1) is 13.8 Å². The summed E-state index contributed by atoms with van der Waals surface area (Å²) in [6.45, 7) is 9.62. The first-order chi connectivity index (χ1) is 16.3. The van der Waals surface area contributed by atoms with Crippen LogP contribution in [0.25, 0.3) is 11.6 Å². The lowest BCUT2D eigenvalue weighted by Gasteiger charge is -2.19. The fraction of sp³-hybridized carbons (Fsp3) is 0.259. The van der Waals surface area contributed by atoms with Gasteiger partial charge in [-0.2, -0.15) is 0 Å². The second-order valence-corrected chi connectivity index (χ2v) is 11.9. The number of carbonyl (C=O) groups excluding carboxylic acids is 1. The number of benzene rings is 2. The number of carboxylic acid groups (broad SMARTS) is 1. The van der Waals surface area contributed by atoms with Gasteiger partial charge in [0.25, 0.3) is 5.91 Å². The van der Waals surface area contributed by atoms with E-state index in [0.717, 1.165) is 5.56 Å². The number of fused-ring (bicyclic) bond motifs is 1. The Balaban J connectivity index is 1.69. The smallest absolute Gasteiger partial charge is 0.337 e. The van der Waals surface area contributed by atoms with Gasteiger partial charge in [-0.15, -0.1) is 0 Å². The van der Waals surface area contributed by atoms with Gasteiger partial charge in [-0.3, -0.25) is 4.79 Å². The molecule has 3 N–H and O–H groups in total. The predicted molar refractivity (Wildman–Crippen MR) is 136 cm³/mol. The fourth-order valence-electron chi connectivity index (χ4n) is 4.29. The maximum Gasteiger partial charge on any atom is 0.337 e. The zero-order valence-corrected chi connectivity index (χ0v) is 21.1. The molecule has 1 amide bonds. The van der Waals surface area contributed by atoms with Gasteiger partial charge in [0, 0.05) is 22.6 Å². The van der Waals surface area contributed by atoms with Gasteiger partial charge >= 0.3 is 5.97 Å². The van der Waals surface area contributed by atoms with Gasteiger partial charge in [0.05, 0.1) is 21.8 Å². The minimum atomic E-state index is -3.67. The molecule has 1 aromatic heterocycles. The summed E-state index contributed by atoms with van der Waals surface area (Å²) in [4.78, 5) is 27.3. The van der Waals surface area contributed by atoms with Crippen molar-refractivity contribution >= 4 is 39.1 Å². The third-order valence-corrected chi connectivity index (χ3v) is 7.97. The lowest BCUT2D eigenvalue weighted by Crippen LogP contribution is -2.11. The number of hydrogen-bond acceptors (Lipinski definition) is 4. The average Bonchev–Trinajstić information content (AvgIpc) is 3.22. The fourth-order valence-corrected chi connectivity index (χ4v) is 5.66. The van der Waals surface area contributed by atoms with Gasteiger partial charge in [-0.25, -0.2) is 13.2 Å². The van der Waals surface area contributed by atoms with E-state index in [1.165, 1.54) is 12.1 Å². The lowest BCUT2D eigenvalue weighted by molar-refractivity contribution is -0.110. The van der Waals surface area contributed by atoms with E-state index in [0.29, 0.717) is 33.8 Å². The van der Waals surface area contributed by atoms with Gasteiger partial charge in [-0.1, -0.05) is 45.0 Å². The molecular weight excluding hydrogens is 464 g/mol. The monoisotopic (exact) mass is 492 g/mol. The van der Waals surface area contributed by atoms with E-state index in [-0.39, 0.29) is 33.1 Å². The van der Waals surface area contributed by atoms with Crippen molar-refractivity contribution in [3.63, 3.8) is 0 Å². The normalized spacial score (nSPS) is 14.8. The third kappa shape index (κ3) is 4.66. The molecule has 0 spiro atoms. The maximum absolute atomic E-state index is 13.2. The quantitative estimate of drug-likeness (QED) is 0.429. The number of anilines is 1. The van der Waals surface area contributed by atoms with E-state index in [9.17, 15) is 23.1 Å². The summed E-state index contributed by atoms with van der Waals surface area (Å²) in [7, 11) is -3.67. The minimum absolute atomic E-state index is 0.0269. The molecular formula is C27H28N2O5S. The van der Waals surface area contributed by atoms with Crippen molar-refractivity contribution in [2.75, 3.05) is 5.32 Å². The number of sulfone groups is 1. The molecule has 35 heavy (non-hydrogen) atoms. The largest absolute Gasteiger partial charge is 0.478 e. The molecule has 0 radical (unpaired) electrons. The van der Waals surface area contributed by atoms with Crippen LogP contribution in [0.3, 0.4) is 0 Å². The lowest BCUT2D eigenvalue weighted by atomic mass is 9.87. The molecule has 0 bridgehead atoms. The predicted octanol–water partition coefficient (Wildman–Crippen LogP) is 5.09. The van der Waals surface area contributed by atoms with Crippen LogP contribution in [-0.4, -0.2) is 30.4 Å². The molecule has 8 heteroatoms. The molecule has 0 saturated carbocycles. The first-order valence-electron chi connectivity index (χ1n) is 11.2. The van der Waals surface area contributed by atoms with Crippen LogP contribution >= 0.6 is 0 Å². The number of amides is 1. The summed E-state index contributed by atoms with van der Waals surface area (Å²) in [6.07, 6.45) is 1.57. The Bertz CT molecular complexity index is 1490. The second-order valence-electron chi connectivity index (χ2n) is 9.89. The SMILES string of the molecule is Cc1[nH]c(/C=C2\C(=O)Nc3ccc(S(=O)(=O)Cc4ccc(C(C)(C)C)cc4)cc32)c(C)c1C(=O)O. The van der Waals surface area contributed by atoms with Crippen LogP contribution in [0.5, 0.6) is 0 Å². The molecule has 1 aliphatic rings. The molecule has 2 heterocycles. The molecule has 4 rings (SSSR count). The maximum atomic E-state index is 13.2. The number of aryl methyl sites for hydroxylation is 1. The van der Waals surface area contributed by atoms with Gasteiger partial charge < -0.3 is 15.4 Å². The number of aromatic nitrogens is 1. The van der Waals surface area contributed by atoms with E-state index in [1.807, 2.05) is 24.3 Å². The number of aromatic amines is 1. The highest BCUT2D eigenvalue weighted by atomic mass is 32.2. The zero-order chi connectivity index (χ0) is 25.7. The molecule has 0 fully saturated rings. The van der Waals surface area contributed by atoms with Crippen LogP contribution in [0.15, 0.2) is 47.4 Å². The van der Waals surface area contributed by atoms with Gasteiger partial charge in [-0.05, 0) is 60.2 Å². The van der Waals surface area contributed by atoms with Crippen LogP contribution in [0.2, 0.25) is 0 Å². The first kappa shape index (κ1) is 24.5. The first-order valence-corrected chi connectivity index (χ1v) is 12.9. The number of hydrogen-bond donors (Lipinski definition) is 3. The Labute approximate surface area is 204 Å². The average molecular weight is 493 g/mol. The summed E-state index contributed by atoms with van der Waals surface area (Å²) >= 11 is 0. The van der Waals surface area contributed by atoms with Crippen LogP contribution in [0.1, 0.15) is 64.8 Å². The highest BCUT2D eigenvalue weighted by molar-refractivity contribution is 7.90. The van der Waals surface area contributed by atoms with E-state index >= 15 is 0 Å². The molecule has 7 nitrogen and oxygen atoms in total. The Morgan fingerprint density at radius 3 is 2.29 bits per heavy atom. The second kappa shape index (κ2) is 8.53. The molecule has 182 valence electrons. The highest BCUT2D eigenvalue weighted by Crippen LogP contribution is 2.36. The number of aromatic carboxylic acids is 1. The number of nitrogens with one attached hydrogen (secondary N) is 2. The summed E-state index contributed by atoms with van der Waals surface area (Å²) in [5.74, 6) is -1.59. The van der Waals surface area contributed by atoms with Crippen molar-refractivity contribution in [1.82, 2.24) is 4.98 Å². The van der Waals surface area contributed by atoms with Gasteiger partial charge in [0.1, 0.15) is 0 Å². The number of rotatable bonds is 5.